The molecule has 2 aromatic heterocycles. The average molecular weight is 286 g/mol. The Labute approximate surface area is 127 Å². The summed E-state index contributed by atoms with van der Waals surface area (Å²) < 4.78 is 2.21. The molecule has 0 aliphatic heterocycles. The maximum atomic E-state index is 4.85. The fourth-order valence-corrected chi connectivity index (χ4v) is 2.98. The Bertz CT molecular complexity index is 604. The van der Waals surface area contributed by atoms with Crippen molar-refractivity contribution in [3.63, 3.8) is 0 Å². The van der Waals surface area contributed by atoms with Crippen LogP contribution in [0.4, 0.5) is 5.82 Å². The second kappa shape index (κ2) is 6.06. The number of nitrogens with one attached hydrogen (secondary N) is 1. The fraction of sp³-hybridized carbons (Fsp3) is 0.588. The van der Waals surface area contributed by atoms with Crippen molar-refractivity contribution in [3.8, 4) is 0 Å². The second-order valence-corrected chi connectivity index (χ2v) is 6.34. The van der Waals surface area contributed by atoms with Crippen molar-refractivity contribution in [3.05, 3.63) is 30.1 Å². The van der Waals surface area contributed by atoms with Gasteiger partial charge >= 0.3 is 0 Å². The molecule has 0 radical (unpaired) electrons. The first-order valence-corrected chi connectivity index (χ1v) is 8.08. The van der Waals surface area contributed by atoms with Crippen LogP contribution in [0.5, 0.6) is 0 Å². The van der Waals surface area contributed by atoms with Gasteiger partial charge in [0.05, 0.1) is 5.69 Å². The second-order valence-electron chi connectivity index (χ2n) is 6.34. The van der Waals surface area contributed by atoms with Gasteiger partial charge in [0.15, 0.2) is 5.82 Å². The zero-order chi connectivity index (χ0) is 14.8. The lowest BCUT2D eigenvalue weighted by molar-refractivity contribution is 0.655. The van der Waals surface area contributed by atoms with Gasteiger partial charge in [-0.25, -0.2) is 4.98 Å². The molecule has 1 fully saturated rings. The molecule has 2 atom stereocenters. The molecule has 114 valence electrons. The van der Waals surface area contributed by atoms with E-state index in [0.29, 0.717) is 0 Å². The number of imidazole rings is 1. The monoisotopic (exact) mass is 286 g/mol. The van der Waals surface area contributed by atoms with Crippen molar-refractivity contribution in [2.75, 3.05) is 25.0 Å². The van der Waals surface area contributed by atoms with E-state index >= 15 is 0 Å². The molecule has 21 heavy (non-hydrogen) atoms. The lowest BCUT2D eigenvalue weighted by Gasteiger charge is -2.18. The van der Waals surface area contributed by atoms with E-state index in [-0.39, 0.29) is 0 Å². The Kier molecular flexibility index (Phi) is 4.15. The number of fused-ring (bicyclic) bond motifs is 1. The van der Waals surface area contributed by atoms with Crippen LogP contribution in [0.3, 0.4) is 0 Å². The van der Waals surface area contributed by atoms with Crippen LogP contribution in [-0.4, -0.2) is 29.5 Å². The lowest BCUT2D eigenvalue weighted by Crippen LogP contribution is -2.24. The highest BCUT2D eigenvalue weighted by Crippen LogP contribution is 2.39. The minimum absolute atomic E-state index is 0.844. The third kappa shape index (κ3) is 3.05. The summed E-state index contributed by atoms with van der Waals surface area (Å²) in [6.45, 7) is 7.57. The first kappa shape index (κ1) is 14.4. The van der Waals surface area contributed by atoms with Gasteiger partial charge in [0, 0.05) is 26.3 Å². The summed E-state index contributed by atoms with van der Waals surface area (Å²) in [6.07, 6.45) is 4.63. The van der Waals surface area contributed by atoms with Crippen LogP contribution < -0.4 is 10.2 Å². The summed E-state index contributed by atoms with van der Waals surface area (Å²) in [5, 5.41) is 3.52. The van der Waals surface area contributed by atoms with Gasteiger partial charge in [-0.1, -0.05) is 19.9 Å². The Morgan fingerprint density at radius 3 is 2.95 bits per heavy atom. The number of hydrogen-bond acceptors (Lipinski definition) is 3. The summed E-state index contributed by atoms with van der Waals surface area (Å²) in [5.74, 6) is 2.85. The Balaban J connectivity index is 1.86. The molecule has 0 bridgehead atoms. The van der Waals surface area contributed by atoms with E-state index in [2.05, 4.69) is 59.9 Å². The molecule has 0 saturated heterocycles. The van der Waals surface area contributed by atoms with Gasteiger partial charge in [-0.3, -0.25) is 0 Å². The number of anilines is 1. The van der Waals surface area contributed by atoms with Gasteiger partial charge < -0.3 is 14.6 Å². The molecule has 0 spiro atoms. The molecule has 2 unspecified atom stereocenters. The predicted molar refractivity (Wildman–Crippen MR) is 87.7 cm³/mol. The van der Waals surface area contributed by atoms with Crippen molar-refractivity contribution in [2.24, 2.45) is 11.8 Å². The minimum atomic E-state index is 0.844. The minimum Gasteiger partial charge on any atom is -0.358 e. The zero-order valence-electron chi connectivity index (χ0n) is 13.3. The van der Waals surface area contributed by atoms with Gasteiger partial charge in [0.25, 0.3) is 0 Å². The summed E-state index contributed by atoms with van der Waals surface area (Å²) in [4.78, 5) is 7.18. The van der Waals surface area contributed by atoms with Crippen LogP contribution in [0, 0.1) is 11.8 Å². The molecule has 0 amide bonds. The normalized spacial score (nSPS) is 20.9. The van der Waals surface area contributed by atoms with Crippen LogP contribution in [0.1, 0.15) is 32.4 Å². The highest BCUT2D eigenvalue weighted by atomic mass is 15.2. The smallest absolute Gasteiger partial charge is 0.152 e. The first-order valence-electron chi connectivity index (χ1n) is 8.08. The number of hydrogen-bond donors (Lipinski definition) is 1. The van der Waals surface area contributed by atoms with E-state index in [1.165, 1.54) is 12.1 Å². The quantitative estimate of drug-likeness (QED) is 0.794. The van der Waals surface area contributed by atoms with Gasteiger partial charge in [0.1, 0.15) is 5.65 Å². The third-order valence-electron chi connectivity index (χ3n) is 4.47. The van der Waals surface area contributed by atoms with Crippen molar-refractivity contribution >= 4 is 11.5 Å². The SMILES string of the molecule is CCCNCc1c(N(C)CC2CC2C)nc2ccccn12. The maximum Gasteiger partial charge on any atom is 0.152 e. The van der Waals surface area contributed by atoms with Crippen LogP contribution in [0.15, 0.2) is 24.4 Å². The van der Waals surface area contributed by atoms with Crippen molar-refractivity contribution in [1.29, 1.82) is 0 Å². The molecule has 1 aliphatic rings. The van der Waals surface area contributed by atoms with Gasteiger partial charge in [0.2, 0.25) is 0 Å². The number of rotatable bonds is 7. The molecule has 1 aliphatic carbocycles. The Morgan fingerprint density at radius 1 is 1.43 bits per heavy atom. The molecular weight excluding hydrogens is 260 g/mol. The topological polar surface area (TPSA) is 32.6 Å². The van der Waals surface area contributed by atoms with Gasteiger partial charge in [-0.05, 0) is 43.4 Å². The van der Waals surface area contributed by atoms with Crippen LogP contribution >= 0.6 is 0 Å². The van der Waals surface area contributed by atoms with E-state index in [1.807, 2.05) is 0 Å². The van der Waals surface area contributed by atoms with Crippen LogP contribution in [-0.2, 0) is 6.54 Å². The average Bonchev–Trinajstić information content (AvgIpc) is 3.04. The van der Waals surface area contributed by atoms with E-state index in [0.717, 1.165) is 49.4 Å². The fourth-order valence-electron chi connectivity index (χ4n) is 2.98. The standard InChI is InChI=1S/C17H26N4/c1-4-8-18-11-15-17(20(3)12-14-10-13(14)2)19-16-7-5-6-9-21(15)16/h5-7,9,13-14,18H,4,8,10-12H2,1-3H3. The summed E-state index contributed by atoms with van der Waals surface area (Å²) in [6, 6.07) is 6.21. The van der Waals surface area contributed by atoms with Crippen molar-refractivity contribution < 1.29 is 0 Å². The van der Waals surface area contributed by atoms with E-state index < -0.39 is 0 Å². The molecule has 4 heteroatoms. The van der Waals surface area contributed by atoms with Crippen molar-refractivity contribution in [2.45, 2.75) is 33.2 Å². The molecule has 2 heterocycles. The third-order valence-corrected chi connectivity index (χ3v) is 4.47. The highest BCUT2D eigenvalue weighted by Gasteiger charge is 2.34. The largest absolute Gasteiger partial charge is 0.358 e. The highest BCUT2D eigenvalue weighted by molar-refractivity contribution is 5.55. The lowest BCUT2D eigenvalue weighted by atomic mass is 10.3. The Hall–Kier alpha value is -1.55. The van der Waals surface area contributed by atoms with E-state index in [1.54, 1.807) is 0 Å². The summed E-state index contributed by atoms with van der Waals surface area (Å²) in [5.41, 5.74) is 2.31. The molecule has 4 nitrogen and oxygen atoms in total. The molecule has 0 aromatic carbocycles. The number of nitrogens with zero attached hydrogens (tertiary/aromatic N) is 3. The molecule has 3 rings (SSSR count). The maximum absolute atomic E-state index is 4.85. The van der Waals surface area contributed by atoms with Crippen molar-refractivity contribution in [1.82, 2.24) is 14.7 Å². The molecular formula is C17H26N4. The van der Waals surface area contributed by atoms with Gasteiger partial charge in [-0.15, -0.1) is 0 Å². The molecule has 1 saturated carbocycles. The molecule has 2 aromatic rings. The van der Waals surface area contributed by atoms with E-state index in [4.69, 9.17) is 4.98 Å². The predicted octanol–water partition coefficient (Wildman–Crippen LogP) is 2.93. The molecule has 1 N–H and O–H groups in total. The Morgan fingerprint density at radius 2 is 2.24 bits per heavy atom. The van der Waals surface area contributed by atoms with Gasteiger partial charge in [-0.2, -0.15) is 0 Å². The van der Waals surface area contributed by atoms with Crippen LogP contribution in [0.2, 0.25) is 0 Å². The van der Waals surface area contributed by atoms with Crippen LogP contribution in [0.25, 0.3) is 5.65 Å². The number of aromatic nitrogens is 2. The summed E-state index contributed by atoms with van der Waals surface area (Å²) >= 11 is 0. The number of pyridine rings is 1. The first-order chi connectivity index (χ1) is 10.2. The summed E-state index contributed by atoms with van der Waals surface area (Å²) in [7, 11) is 2.18. The zero-order valence-corrected chi connectivity index (χ0v) is 13.3. The van der Waals surface area contributed by atoms with E-state index in [9.17, 15) is 0 Å².